The molecule has 1 saturated carbocycles. The number of hydrogen-bond donors (Lipinski definition) is 0. The SMILES string of the molecule is C=C(C[C@@H]1OC(C)(C)OC1(C)[C@H]1CC[C@H](C)[C@H]1C=O)C(C)C. The van der Waals surface area contributed by atoms with Crippen LogP contribution in [0, 0.1) is 23.7 Å². The van der Waals surface area contributed by atoms with Crippen LogP contribution in [0.25, 0.3) is 0 Å². The third kappa shape index (κ3) is 3.16. The highest BCUT2D eigenvalue weighted by molar-refractivity contribution is 5.55. The van der Waals surface area contributed by atoms with Crippen LogP contribution in [0.4, 0.5) is 0 Å². The van der Waals surface area contributed by atoms with Crippen LogP contribution >= 0.6 is 0 Å². The molecule has 2 aliphatic rings. The fraction of sp³-hybridized carbons (Fsp3) is 0.842. The van der Waals surface area contributed by atoms with Gasteiger partial charge >= 0.3 is 0 Å². The topological polar surface area (TPSA) is 35.5 Å². The smallest absolute Gasteiger partial charge is 0.164 e. The van der Waals surface area contributed by atoms with Gasteiger partial charge in [0.05, 0.1) is 11.7 Å². The zero-order valence-electron chi connectivity index (χ0n) is 15.0. The predicted molar refractivity (Wildman–Crippen MR) is 88.5 cm³/mol. The van der Waals surface area contributed by atoms with Gasteiger partial charge in [-0.2, -0.15) is 0 Å². The van der Waals surface area contributed by atoms with E-state index in [1.165, 1.54) is 5.57 Å². The third-order valence-electron chi connectivity index (χ3n) is 5.74. The lowest BCUT2D eigenvalue weighted by Gasteiger charge is -2.38. The molecule has 0 aromatic carbocycles. The van der Waals surface area contributed by atoms with Crippen LogP contribution in [0.1, 0.15) is 60.8 Å². The van der Waals surface area contributed by atoms with Crippen molar-refractivity contribution in [2.24, 2.45) is 23.7 Å². The van der Waals surface area contributed by atoms with E-state index in [0.717, 1.165) is 25.5 Å². The first-order valence-corrected chi connectivity index (χ1v) is 8.61. The number of aldehydes is 1. The van der Waals surface area contributed by atoms with Gasteiger partial charge in [-0.05, 0) is 51.9 Å². The summed E-state index contributed by atoms with van der Waals surface area (Å²) in [7, 11) is 0. The van der Waals surface area contributed by atoms with E-state index >= 15 is 0 Å². The Labute approximate surface area is 135 Å². The van der Waals surface area contributed by atoms with Crippen molar-refractivity contribution in [1.82, 2.24) is 0 Å². The van der Waals surface area contributed by atoms with E-state index in [-0.39, 0.29) is 17.9 Å². The van der Waals surface area contributed by atoms with Crippen LogP contribution in [-0.4, -0.2) is 23.8 Å². The lowest BCUT2D eigenvalue weighted by atomic mass is 9.75. The van der Waals surface area contributed by atoms with E-state index in [0.29, 0.717) is 11.8 Å². The molecule has 1 saturated heterocycles. The van der Waals surface area contributed by atoms with E-state index in [1.54, 1.807) is 0 Å². The Kier molecular flexibility index (Phi) is 4.89. The second-order valence-corrected chi connectivity index (χ2v) is 8.18. The summed E-state index contributed by atoms with van der Waals surface area (Å²) in [5.41, 5.74) is 0.767. The number of hydrogen-bond acceptors (Lipinski definition) is 3. The minimum Gasteiger partial charge on any atom is -0.344 e. The van der Waals surface area contributed by atoms with Crippen molar-refractivity contribution in [2.75, 3.05) is 0 Å². The van der Waals surface area contributed by atoms with Gasteiger partial charge in [0, 0.05) is 11.8 Å². The zero-order chi connectivity index (χ0) is 16.7. The summed E-state index contributed by atoms with van der Waals surface area (Å²) in [5, 5.41) is 0. The predicted octanol–water partition coefficient (Wildman–Crippen LogP) is 4.36. The molecule has 22 heavy (non-hydrogen) atoms. The maximum atomic E-state index is 11.6. The molecule has 2 rings (SSSR count). The van der Waals surface area contributed by atoms with Crippen LogP contribution in [-0.2, 0) is 14.3 Å². The molecule has 1 heterocycles. The Morgan fingerprint density at radius 2 is 1.95 bits per heavy atom. The van der Waals surface area contributed by atoms with Crippen molar-refractivity contribution in [1.29, 1.82) is 0 Å². The number of ether oxygens (including phenoxy) is 2. The van der Waals surface area contributed by atoms with Crippen molar-refractivity contribution >= 4 is 6.29 Å². The van der Waals surface area contributed by atoms with E-state index in [1.807, 2.05) is 13.8 Å². The molecule has 0 aromatic rings. The number of rotatable bonds is 5. The summed E-state index contributed by atoms with van der Waals surface area (Å²) >= 11 is 0. The lowest BCUT2D eigenvalue weighted by molar-refractivity contribution is -0.173. The molecule has 0 amide bonds. The Morgan fingerprint density at radius 3 is 2.50 bits per heavy atom. The van der Waals surface area contributed by atoms with E-state index in [4.69, 9.17) is 9.47 Å². The van der Waals surface area contributed by atoms with Crippen molar-refractivity contribution in [3.8, 4) is 0 Å². The van der Waals surface area contributed by atoms with Crippen LogP contribution < -0.4 is 0 Å². The van der Waals surface area contributed by atoms with Crippen molar-refractivity contribution < 1.29 is 14.3 Å². The van der Waals surface area contributed by atoms with Gasteiger partial charge in [-0.3, -0.25) is 0 Å². The first-order valence-electron chi connectivity index (χ1n) is 8.61. The van der Waals surface area contributed by atoms with Crippen LogP contribution in [0.2, 0.25) is 0 Å². The van der Waals surface area contributed by atoms with Crippen LogP contribution in [0.3, 0.4) is 0 Å². The third-order valence-corrected chi connectivity index (χ3v) is 5.74. The zero-order valence-corrected chi connectivity index (χ0v) is 15.0. The van der Waals surface area contributed by atoms with Crippen LogP contribution in [0.15, 0.2) is 12.2 Å². The molecule has 0 N–H and O–H groups in total. The summed E-state index contributed by atoms with van der Waals surface area (Å²) in [6.45, 7) is 16.8. The summed E-state index contributed by atoms with van der Waals surface area (Å²) in [5.74, 6) is 0.557. The molecule has 0 aromatic heterocycles. The molecule has 126 valence electrons. The summed E-state index contributed by atoms with van der Waals surface area (Å²) in [4.78, 5) is 11.6. The quantitative estimate of drug-likeness (QED) is 0.559. The summed E-state index contributed by atoms with van der Waals surface area (Å²) in [6.07, 6.45) is 4.02. The first-order chi connectivity index (χ1) is 10.1. The fourth-order valence-corrected chi connectivity index (χ4v) is 4.23. The Hall–Kier alpha value is -0.670. The molecule has 1 unspecified atom stereocenters. The molecule has 1 aliphatic carbocycles. The van der Waals surface area contributed by atoms with Gasteiger partial charge in [0.15, 0.2) is 5.79 Å². The average molecular weight is 308 g/mol. The number of carbonyl (C=O) groups excluding carboxylic acids is 1. The Balaban J connectivity index is 2.27. The molecule has 0 radical (unpaired) electrons. The summed E-state index contributed by atoms with van der Waals surface area (Å²) < 4.78 is 12.6. The highest BCUT2D eigenvalue weighted by Crippen LogP contribution is 2.51. The molecule has 0 bridgehead atoms. The maximum absolute atomic E-state index is 11.6. The summed E-state index contributed by atoms with van der Waals surface area (Å²) in [6, 6.07) is 0. The van der Waals surface area contributed by atoms with E-state index in [2.05, 4.69) is 34.3 Å². The highest BCUT2D eigenvalue weighted by Gasteiger charge is 2.57. The lowest BCUT2D eigenvalue weighted by Crippen LogP contribution is -2.47. The molecular formula is C19H32O3. The number of carbonyl (C=O) groups is 1. The minimum absolute atomic E-state index is 0.0323. The standard InChI is InChI=1S/C19H32O3/c1-12(2)14(4)10-17-19(7,22-18(5,6)21-17)16-9-8-13(3)15(16)11-20/h11-13,15-17H,4,8-10H2,1-3,5-7H3/t13-,15+,16-,17-,19?/m0/s1. The molecule has 1 aliphatic heterocycles. The van der Waals surface area contributed by atoms with E-state index < -0.39 is 11.4 Å². The molecular weight excluding hydrogens is 276 g/mol. The van der Waals surface area contributed by atoms with Gasteiger partial charge in [0.2, 0.25) is 0 Å². The van der Waals surface area contributed by atoms with Crippen molar-refractivity contribution in [3.63, 3.8) is 0 Å². The van der Waals surface area contributed by atoms with Gasteiger partial charge < -0.3 is 14.3 Å². The largest absolute Gasteiger partial charge is 0.344 e. The van der Waals surface area contributed by atoms with Gasteiger partial charge in [0.25, 0.3) is 0 Å². The maximum Gasteiger partial charge on any atom is 0.164 e. The van der Waals surface area contributed by atoms with Crippen molar-refractivity contribution in [3.05, 3.63) is 12.2 Å². The molecule has 5 atom stereocenters. The Bertz CT molecular complexity index is 440. The highest BCUT2D eigenvalue weighted by atomic mass is 16.8. The monoisotopic (exact) mass is 308 g/mol. The van der Waals surface area contributed by atoms with Crippen LogP contribution in [0.5, 0.6) is 0 Å². The molecule has 2 fully saturated rings. The molecule has 0 spiro atoms. The first kappa shape index (κ1) is 17.7. The van der Waals surface area contributed by atoms with Crippen molar-refractivity contribution in [2.45, 2.75) is 78.3 Å². The second kappa shape index (κ2) is 6.09. The molecule has 3 heteroatoms. The van der Waals surface area contributed by atoms with Gasteiger partial charge in [-0.1, -0.05) is 32.9 Å². The minimum atomic E-state index is -0.601. The van der Waals surface area contributed by atoms with E-state index in [9.17, 15) is 4.79 Å². The normalized spacial score (nSPS) is 41.0. The second-order valence-electron chi connectivity index (χ2n) is 8.18. The average Bonchev–Trinajstić information content (AvgIpc) is 2.87. The van der Waals surface area contributed by atoms with Gasteiger partial charge in [-0.15, -0.1) is 0 Å². The van der Waals surface area contributed by atoms with Gasteiger partial charge in [-0.25, -0.2) is 0 Å². The molecule has 3 nitrogen and oxygen atoms in total. The Morgan fingerprint density at radius 1 is 1.32 bits per heavy atom. The fourth-order valence-electron chi connectivity index (χ4n) is 4.23. The van der Waals surface area contributed by atoms with Gasteiger partial charge in [0.1, 0.15) is 6.29 Å².